The number of carbonyl (C=O) groups is 1. The zero-order valence-corrected chi connectivity index (χ0v) is 13.6. The molecule has 0 aromatic heterocycles. The van der Waals surface area contributed by atoms with Crippen molar-refractivity contribution in [2.75, 3.05) is 20.2 Å². The molecule has 1 aliphatic rings. The van der Waals surface area contributed by atoms with Crippen LogP contribution in [0.4, 0.5) is 0 Å². The summed E-state index contributed by atoms with van der Waals surface area (Å²) in [5.74, 6) is 0.915. The standard InChI is InChI=1S/C18H25NO3/c1-18(2,15-10-12-19-13-11-15)22-17(20)9-6-14-4-7-16(21-3)8-5-14/h4-9,15,19H,10-13H2,1-3H3/b9-6+. The van der Waals surface area contributed by atoms with Crippen molar-refractivity contribution in [2.24, 2.45) is 5.92 Å². The van der Waals surface area contributed by atoms with Gasteiger partial charge in [-0.25, -0.2) is 4.79 Å². The molecule has 120 valence electrons. The summed E-state index contributed by atoms with van der Waals surface area (Å²) >= 11 is 0. The Hall–Kier alpha value is -1.81. The van der Waals surface area contributed by atoms with E-state index >= 15 is 0 Å². The molecule has 4 heteroatoms. The summed E-state index contributed by atoms with van der Waals surface area (Å²) in [6.07, 6.45) is 5.34. The van der Waals surface area contributed by atoms with Crippen LogP contribution < -0.4 is 10.1 Å². The van der Waals surface area contributed by atoms with Crippen molar-refractivity contribution < 1.29 is 14.3 Å². The Bertz CT molecular complexity index is 514. The Morgan fingerprint density at radius 3 is 2.45 bits per heavy atom. The fourth-order valence-corrected chi connectivity index (χ4v) is 2.77. The Morgan fingerprint density at radius 1 is 1.23 bits per heavy atom. The molecule has 2 rings (SSSR count). The van der Waals surface area contributed by atoms with E-state index in [0.29, 0.717) is 5.92 Å². The lowest BCUT2D eigenvalue weighted by atomic mass is 9.83. The number of carbonyl (C=O) groups excluding carboxylic acids is 1. The molecule has 0 aliphatic carbocycles. The van der Waals surface area contributed by atoms with Gasteiger partial charge in [-0.3, -0.25) is 0 Å². The monoisotopic (exact) mass is 303 g/mol. The smallest absolute Gasteiger partial charge is 0.331 e. The predicted molar refractivity (Wildman–Crippen MR) is 87.8 cm³/mol. The minimum absolute atomic E-state index is 0.292. The van der Waals surface area contributed by atoms with Gasteiger partial charge in [0.05, 0.1) is 7.11 Å². The Morgan fingerprint density at radius 2 is 1.86 bits per heavy atom. The van der Waals surface area contributed by atoms with Gasteiger partial charge in [0.25, 0.3) is 0 Å². The van der Waals surface area contributed by atoms with Crippen LogP contribution in [0.3, 0.4) is 0 Å². The topological polar surface area (TPSA) is 47.6 Å². The van der Waals surface area contributed by atoms with E-state index in [9.17, 15) is 4.79 Å². The number of nitrogens with one attached hydrogen (secondary N) is 1. The van der Waals surface area contributed by atoms with Gasteiger partial charge in [0, 0.05) is 12.0 Å². The highest BCUT2D eigenvalue weighted by Gasteiger charge is 2.33. The van der Waals surface area contributed by atoms with E-state index in [1.165, 1.54) is 6.08 Å². The Balaban J connectivity index is 1.91. The highest BCUT2D eigenvalue weighted by Crippen LogP contribution is 2.29. The van der Waals surface area contributed by atoms with Crippen LogP contribution in [0.25, 0.3) is 6.08 Å². The first kappa shape index (κ1) is 16.6. The molecule has 4 nitrogen and oxygen atoms in total. The van der Waals surface area contributed by atoms with E-state index < -0.39 is 5.60 Å². The number of methoxy groups -OCH3 is 1. The molecule has 1 N–H and O–H groups in total. The maximum Gasteiger partial charge on any atom is 0.331 e. The van der Waals surface area contributed by atoms with Crippen LogP contribution in [-0.4, -0.2) is 31.8 Å². The van der Waals surface area contributed by atoms with Crippen LogP contribution in [0.2, 0.25) is 0 Å². The normalized spacial score (nSPS) is 16.7. The molecule has 1 heterocycles. The first-order valence-electron chi connectivity index (χ1n) is 7.77. The van der Waals surface area contributed by atoms with E-state index in [1.807, 2.05) is 38.1 Å². The lowest BCUT2D eigenvalue weighted by Gasteiger charge is -2.36. The van der Waals surface area contributed by atoms with Gasteiger partial charge >= 0.3 is 5.97 Å². The van der Waals surface area contributed by atoms with E-state index in [1.54, 1.807) is 13.2 Å². The maximum atomic E-state index is 12.0. The van der Waals surface area contributed by atoms with Gasteiger partial charge in [0.1, 0.15) is 11.4 Å². The molecule has 1 saturated heterocycles. The minimum Gasteiger partial charge on any atom is -0.497 e. The molecule has 1 aliphatic heterocycles. The Kier molecular flexibility index (Phi) is 5.61. The van der Waals surface area contributed by atoms with Crippen molar-refractivity contribution in [1.29, 1.82) is 0 Å². The third-order valence-corrected chi connectivity index (χ3v) is 4.21. The maximum absolute atomic E-state index is 12.0. The van der Waals surface area contributed by atoms with Gasteiger partial charge in [-0.05, 0) is 63.6 Å². The summed E-state index contributed by atoms with van der Waals surface area (Å²) in [5, 5.41) is 3.33. The van der Waals surface area contributed by atoms with Crippen LogP contribution in [0.5, 0.6) is 5.75 Å². The average Bonchev–Trinajstić information content (AvgIpc) is 2.54. The van der Waals surface area contributed by atoms with E-state index in [4.69, 9.17) is 9.47 Å². The summed E-state index contributed by atoms with van der Waals surface area (Å²) < 4.78 is 10.8. The van der Waals surface area contributed by atoms with Crippen LogP contribution >= 0.6 is 0 Å². The molecule has 0 bridgehead atoms. The Labute approximate surface area is 132 Å². The third kappa shape index (κ3) is 4.60. The zero-order valence-electron chi connectivity index (χ0n) is 13.6. The van der Waals surface area contributed by atoms with Crippen LogP contribution in [0.1, 0.15) is 32.3 Å². The number of rotatable bonds is 5. The molecule has 0 amide bonds. The summed E-state index contributed by atoms with van der Waals surface area (Å²) in [6, 6.07) is 7.54. The second kappa shape index (κ2) is 7.45. The molecule has 0 unspecified atom stereocenters. The highest BCUT2D eigenvalue weighted by atomic mass is 16.6. The molecule has 1 fully saturated rings. The van der Waals surface area contributed by atoms with Crippen molar-refractivity contribution in [3.05, 3.63) is 35.9 Å². The molecule has 0 atom stereocenters. The molecular formula is C18H25NO3. The first-order chi connectivity index (χ1) is 10.5. The second-order valence-corrected chi connectivity index (χ2v) is 6.16. The zero-order chi connectivity index (χ0) is 16.0. The molecule has 0 spiro atoms. The molecule has 22 heavy (non-hydrogen) atoms. The summed E-state index contributed by atoms with van der Waals surface area (Å²) in [6.45, 7) is 5.99. The van der Waals surface area contributed by atoms with Gasteiger partial charge in [-0.2, -0.15) is 0 Å². The van der Waals surface area contributed by atoms with E-state index in [-0.39, 0.29) is 5.97 Å². The fourth-order valence-electron chi connectivity index (χ4n) is 2.77. The number of hydrogen-bond acceptors (Lipinski definition) is 4. The second-order valence-electron chi connectivity index (χ2n) is 6.16. The number of esters is 1. The largest absolute Gasteiger partial charge is 0.497 e. The number of benzene rings is 1. The predicted octanol–water partition coefficient (Wildman–Crippen LogP) is 3.03. The third-order valence-electron chi connectivity index (χ3n) is 4.21. The van der Waals surface area contributed by atoms with Gasteiger partial charge < -0.3 is 14.8 Å². The highest BCUT2D eigenvalue weighted by molar-refractivity contribution is 5.87. The summed E-state index contributed by atoms with van der Waals surface area (Å²) in [4.78, 5) is 12.0. The summed E-state index contributed by atoms with van der Waals surface area (Å²) in [5.41, 5.74) is 0.515. The van der Waals surface area contributed by atoms with E-state index in [0.717, 1.165) is 37.2 Å². The lowest BCUT2D eigenvalue weighted by Crippen LogP contribution is -2.42. The van der Waals surface area contributed by atoms with Crippen molar-refractivity contribution >= 4 is 12.0 Å². The average molecular weight is 303 g/mol. The van der Waals surface area contributed by atoms with Gasteiger partial charge in [-0.15, -0.1) is 0 Å². The van der Waals surface area contributed by atoms with E-state index in [2.05, 4.69) is 5.32 Å². The first-order valence-corrected chi connectivity index (χ1v) is 7.77. The van der Waals surface area contributed by atoms with Crippen molar-refractivity contribution in [3.8, 4) is 5.75 Å². The fraction of sp³-hybridized carbons (Fsp3) is 0.500. The molecular weight excluding hydrogens is 278 g/mol. The van der Waals surface area contributed by atoms with Crippen LogP contribution in [0.15, 0.2) is 30.3 Å². The molecule has 0 radical (unpaired) electrons. The van der Waals surface area contributed by atoms with Crippen LogP contribution in [0, 0.1) is 5.92 Å². The summed E-state index contributed by atoms with van der Waals surface area (Å²) in [7, 11) is 1.63. The number of ether oxygens (including phenoxy) is 2. The van der Waals surface area contributed by atoms with Gasteiger partial charge in [0.2, 0.25) is 0 Å². The van der Waals surface area contributed by atoms with Crippen molar-refractivity contribution in [2.45, 2.75) is 32.3 Å². The molecule has 0 saturated carbocycles. The quantitative estimate of drug-likeness (QED) is 0.671. The number of hydrogen-bond donors (Lipinski definition) is 1. The van der Waals surface area contributed by atoms with Gasteiger partial charge in [0.15, 0.2) is 0 Å². The van der Waals surface area contributed by atoms with Crippen molar-refractivity contribution in [3.63, 3.8) is 0 Å². The number of piperidine rings is 1. The SMILES string of the molecule is COc1ccc(/C=C/C(=O)OC(C)(C)C2CCNCC2)cc1. The minimum atomic E-state index is -0.427. The van der Waals surface area contributed by atoms with Crippen molar-refractivity contribution in [1.82, 2.24) is 5.32 Å². The van der Waals surface area contributed by atoms with Crippen LogP contribution in [-0.2, 0) is 9.53 Å². The lowest BCUT2D eigenvalue weighted by molar-refractivity contribution is -0.156. The molecule has 1 aromatic rings. The van der Waals surface area contributed by atoms with Gasteiger partial charge in [-0.1, -0.05) is 12.1 Å². The molecule has 1 aromatic carbocycles.